The molecule has 4 bridgehead atoms. The van der Waals surface area contributed by atoms with Gasteiger partial charge in [0.25, 0.3) is 5.91 Å². The van der Waals surface area contributed by atoms with Crippen LogP contribution < -0.4 is 0 Å². The van der Waals surface area contributed by atoms with E-state index in [1.54, 1.807) is 0 Å². The molecular weight excluding hydrogens is 302 g/mol. The van der Waals surface area contributed by atoms with Crippen molar-refractivity contribution in [3.05, 3.63) is 0 Å². The predicted molar refractivity (Wildman–Crippen MR) is 91.2 cm³/mol. The van der Waals surface area contributed by atoms with Gasteiger partial charge in [0.05, 0.1) is 5.41 Å². The summed E-state index contributed by atoms with van der Waals surface area (Å²) in [6.07, 6.45) is 4.73. The van der Waals surface area contributed by atoms with Gasteiger partial charge in [-0.2, -0.15) is 0 Å². The van der Waals surface area contributed by atoms with Crippen LogP contribution in [0.15, 0.2) is 0 Å². The topological polar surface area (TPSA) is 46.6 Å². The molecule has 0 radical (unpaired) electrons. The SMILES string of the molecule is CC1(C)C[C@H]2C[C@](C)(CN2C(=O)[C@]23CC[C@](C)(C(=O)O2)C3(C)C)C1. The van der Waals surface area contributed by atoms with Crippen LogP contribution in [0.4, 0.5) is 0 Å². The summed E-state index contributed by atoms with van der Waals surface area (Å²) < 4.78 is 5.84. The second kappa shape index (κ2) is 4.19. The van der Waals surface area contributed by atoms with Crippen molar-refractivity contribution in [2.24, 2.45) is 21.7 Å². The molecule has 0 aromatic rings. The number of likely N-dealkylation sites (tertiary alicyclic amines) is 1. The predicted octanol–water partition coefficient (Wildman–Crippen LogP) is 3.54. The van der Waals surface area contributed by atoms with Crippen LogP contribution in [0.25, 0.3) is 0 Å². The Labute approximate surface area is 145 Å². The molecule has 0 spiro atoms. The Balaban J connectivity index is 1.70. The van der Waals surface area contributed by atoms with Gasteiger partial charge >= 0.3 is 5.97 Å². The minimum atomic E-state index is -0.948. The Hall–Kier alpha value is -1.06. The Kier molecular flexibility index (Phi) is 2.86. The van der Waals surface area contributed by atoms with E-state index in [-0.39, 0.29) is 22.7 Å². The van der Waals surface area contributed by atoms with Gasteiger partial charge in [-0.15, -0.1) is 0 Å². The molecule has 4 nitrogen and oxygen atoms in total. The minimum Gasteiger partial charge on any atom is -0.448 e. The highest BCUT2D eigenvalue weighted by Crippen LogP contribution is 2.66. The second-order valence-electron chi connectivity index (χ2n) is 10.8. The lowest BCUT2D eigenvalue weighted by molar-refractivity contribution is -0.174. The molecule has 4 heteroatoms. The zero-order chi connectivity index (χ0) is 17.8. The minimum absolute atomic E-state index is 0.0773. The summed E-state index contributed by atoms with van der Waals surface area (Å²) in [7, 11) is 0. The standard InChI is InChI=1S/C20H31NO3/c1-16(2)9-13-10-18(5,11-16)12-21(13)14(22)20-8-7-19(6,15(23)24-20)17(20,3)4/h13H,7-12H2,1-6H3/t13-,18-,19+,20-/m0/s1. The zero-order valence-corrected chi connectivity index (χ0v) is 16.0. The van der Waals surface area contributed by atoms with Gasteiger partial charge in [-0.05, 0) is 49.9 Å². The van der Waals surface area contributed by atoms with Crippen LogP contribution in [-0.4, -0.2) is 35.0 Å². The normalized spacial score (nSPS) is 47.8. The fraction of sp³-hybridized carbons (Fsp3) is 0.900. The smallest absolute Gasteiger partial charge is 0.313 e. The maximum Gasteiger partial charge on any atom is 0.313 e. The maximum absolute atomic E-state index is 13.7. The van der Waals surface area contributed by atoms with E-state index < -0.39 is 16.4 Å². The second-order valence-corrected chi connectivity index (χ2v) is 10.8. The lowest BCUT2D eigenvalue weighted by Crippen LogP contribution is -2.56. The molecule has 0 aromatic heterocycles. The van der Waals surface area contributed by atoms with E-state index in [4.69, 9.17) is 4.74 Å². The first kappa shape index (κ1) is 16.4. The van der Waals surface area contributed by atoms with Gasteiger partial charge in [0.2, 0.25) is 0 Å². The highest BCUT2D eigenvalue weighted by Gasteiger charge is 2.76. The van der Waals surface area contributed by atoms with Crippen molar-refractivity contribution < 1.29 is 14.3 Å². The van der Waals surface area contributed by atoms with Crippen LogP contribution >= 0.6 is 0 Å². The van der Waals surface area contributed by atoms with Crippen LogP contribution in [-0.2, 0) is 14.3 Å². The fourth-order valence-electron chi connectivity index (χ4n) is 6.65. The lowest BCUT2D eigenvalue weighted by atomic mass is 9.65. The van der Waals surface area contributed by atoms with Crippen molar-refractivity contribution in [3.63, 3.8) is 0 Å². The number of carbonyl (C=O) groups is 2. The number of fused-ring (bicyclic) bond motifs is 4. The lowest BCUT2D eigenvalue weighted by Gasteiger charge is -2.41. The van der Waals surface area contributed by atoms with Gasteiger partial charge in [-0.25, -0.2) is 0 Å². The van der Waals surface area contributed by atoms with Crippen molar-refractivity contribution in [1.82, 2.24) is 4.90 Å². The number of ether oxygens (including phenoxy) is 1. The largest absolute Gasteiger partial charge is 0.448 e. The number of hydrogen-bond acceptors (Lipinski definition) is 3. The summed E-state index contributed by atoms with van der Waals surface area (Å²) in [5, 5.41) is 0. The van der Waals surface area contributed by atoms with Gasteiger partial charge in [-0.3, -0.25) is 9.59 Å². The van der Waals surface area contributed by atoms with E-state index in [2.05, 4.69) is 39.5 Å². The number of esters is 1. The van der Waals surface area contributed by atoms with Crippen molar-refractivity contribution in [1.29, 1.82) is 0 Å². The highest BCUT2D eigenvalue weighted by atomic mass is 16.6. The molecule has 2 aliphatic carbocycles. The Bertz CT molecular complexity index is 639. The molecule has 1 amide bonds. The number of rotatable bonds is 1. The first-order valence-corrected chi connectivity index (χ1v) is 9.41. The third-order valence-corrected chi connectivity index (χ3v) is 8.10. The molecule has 0 N–H and O–H groups in total. The van der Waals surface area contributed by atoms with Crippen molar-refractivity contribution in [3.8, 4) is 0 Å². The molecule has 2 saturated heterocycles. The number of carbonyl (C=O) groups excluding carboxylic acids is 2. The summed E-state index contributed by atoms with van der Waals surface area (Å²) in [4.78, 5) is 28.3. The summed E-state index contributed by atoms with van der Waals surface area (Å²) >= 11 is 0. The van der Waals surface area contributed by atoms with Crippen LogP contribution in [0.2, 0.25) is 0 Å². The quantitative estimate of drug-likeness (QED) is 0.690. The van der Waals surface area contributed by atoms with Gasteiger partial charge in [0.15, 0.2) is 5.60 Å². The third-order valence-electron chi connectivity index (χ3n) is 8.10. The summed E-state index contributed by atoms with van der Waals surface area (Å²) in [5.41, 5.74) is -1.44. The number of hydrogen-bond donors (Lipinski definition) is 0. The molecule has 2 heterocycles. The first-order valence-electron chi connectivity index (χ1n) is 9.41. The van der Waals surface area contributed by atoms with E-state index in [1.807, 2.05) is 6.92 Å². The van der Waals surface area contributed by atoms with Crippen LogP contribution in [0.1, 0.15) is 73.6 Å². The van der Waals surface area contributed by atoms with E-state index in [0.717, 1.165) is 32.2 Å². The van der Waals surface area contributed by atoms with Crippen LogP contribution in [0.3, 0.4) is 0 Å². The third kappa shape index (κ3) is 1.70. The number of nitrogens with zero attached hydrogens (tertiary/aromatic N) is 1. The number of amides is 1. The molecule has 0 unspecified atom stereocenters. The van der Waals surface area contributed by atoms with Crippen LogP contribution in [0.5, 0.6) is 0 Å². The summed E-state index contributed by atoms with van der Waals surface area (Å²) in [5.74, 6) is -0.102. The van der Waals surface area contributed by atoms with Crippen molar-refractivity contribution >= 4 is 11.9 Å². The zero-order valence-electron chi connectivity index (χ0n) is 16.0. The van der Waals surface area contributed by atoms with E-state index in [9.17, 15) is 9.59 Å². The molecule has 4 fully saturated rings. The summed E-state index contributed by atoms with van der Waals surface area (Å²) in [6, 6.07) is 0.294. The first-order chi connectivity index (χ1) is 10.9. The molecule has 134 valence electrons. The Morgan fingerprint density at radius 1 is 1.08 bits per heavy atom. The van der Waals surface area contributed by atoms with Gasteiger partial charge in [-0.1, -0.05) is 34.6 Å². The molecule has 4 atom stereocenters. The molecule has 2 saturated carbocycles. The van der Waals surface area contributed by atoms with E-state index in [0.29, 0.717) is 12.5 Å². The van der Waals surface area contributed by atoms with Gasteiger partial charge in [0, 0.05) is 18.0 Å². The van der Waals surface area contributed by atoms with Crippen molar-refractivity contribution in [2.45, 2.75) is 85.3 Å². The monoisotopic (exact) mass is 333 g/mol. The summed E-state index contributed by atoms with van der Waals surface area (Å²) in [6.45, 7) is 13.8. The molecule has 4 rings (SSSR count). The van der Waals surface area contributed by atoms with Gasteiger partial charge in [0.1, 0.15) is 0 Å². The molecule has 2 aliphatic heterocycles. The van der Waals surface area contributed by atoms with Crippen LogP contribution in [0, 0.1) is 21.7 Å². The fourth-order valence-corrected chi connectivity index (χ4v) is 6.65. The molecule has 0 aromatic carbocycles. The average molecular weight is 333 g/mol. The highest BCUT2D eigenvalue weighted by molar-refractivity contribution is 5.96. The maximum atomic E-state index is 13.7. The molecule has 24 heavy (non-hydrogen) atoms. The van der Waals surface area contributed by atoms with Gasteiger partial charge < -0.3 is 9.64 Å². The van der Waals surface area contributed by atoms with E-state index >= 15 is 0 Å². The van der Waals surface area contributed by atoms with Crippen molar-refractivity contribution in [2.75, 3.05) is 6.54 Å². The average Bonchev–Trinajstić information content (AvgIpc) is 2.86. The Morgan fingerprint density at radius 2 is 1.75 bits per heavy atom. The van der Waals surface area contributed by atoms with E-state index in [1.165, 1.54) is 0 Å². The molecule has 4 aliphatic rings. The Morgan fingerprint density at radius 3 is 2.29 bits per heavy atom. The molecular formula is C20H31NO3.